The van der Waals surface area contributed by atoms with Crippen molar-refractivity contribution in [1.29, 1.82) is 0 Å². The Morgan fingerprint density at radius 2 is 1.35 bits per heavy atom. The number of ether oxygens (including phenoxy) is 1. The van der Waals surface area contributed by atoms with Crippen molar-refractivity contribution in [2.45, 2.75) is 45.1 Å². The summed E-state index contributed by atoms with van der Waals surface area (Å²) in [5.74, 6) is -5.13. The molecule has 0 radical (unpaired) electrons. The molecule has 34 heavy (non-hydrogen) atoms. The van der Waals surface area contributed by atoms with Crippen LogP contribution in [0.25, 0.3) is 27.8 Å². The largest absolute Gasteiger partial charge is 0.505 e. The summed E-state index contributed by atoms with van der Waals surface area (Å²) >= 11 is 0. The Hall–Kier alpha value is -3.12. The van der Waals surface area contributed by atoms with Crippen LogP contribution in [0, 0.1) is 23.3 Å². The van der Waals surface area contributed by atoms with E-state index in [0.717, 1.165) is 37.5 Å². The van der Waals surface area contributed by atoms with E-state index < -0.39 is 29.0 Å². The van der Waals surface area contributed by atoms with Crippen LogP contribution < -0.4 is 0 Å². The molecule has 2 nitrogen and oxygen atoms in total. The van der Waals surface area contributed by atoms with Gasteiger partial charge in [0.1, 0.15) is 0 Å². The second kappa shape index (κ2) is 10.4. The van der Waals surface area contributed by atoms with Gasteiger partial charge in [0.15, 0.2) is 23.2 Å². The normalized spacial score (nSPS) is 15.9. The zero-order valence-corrected chi connectivity index (χ0v) is 18.9. The Kier molecular flexibility index (Phi) is 7.37. The molecule has 0 aliphatic heterocycles. The highest BCUT2D eigenvalue weighted by molar-refractivity contribution is 5.74. The fourth-order valence-electron chi connectivity index (χ4n) is 4.21. The van der Waals surface area contributed by atoms with Gasteiger partial charge in [-0.05, 0) is 54.5 Å². The molecule has 0 saturated heterocycles. The summed E-state index contributed by atoms with van der Waals surface area (Å²) in [6.45, 7) is 2.82. The van der Waals surface area contributed by atoms with E-state index in [1.54, 1.807) is 6.07 Å². The van der Waals surface area contributed by atoms with E-state index in [1.165, 1.54) is 36.4 Å². The van der Waals surface area contributed by atoms with Crippen molar-refractivity contribution in [2.75, 3.05) is 6.61 Å². The van der Waals surface area contributed by atoms with Gasteiger partial charge in [-0.15, -0.1) is 0 Å². The summed E-state index contributed by atoms with van der Waals surface area (Å²) < 4.78 is 63.7. The van der Waals surface area contributed by atoms with Crippen LogP contribution in [0.3, 0.4) is 0 Å². The van der Waals surface area contributed by atoms with Crippen molar-refractivity contribution in [3.8, 4) is 28.0 Å². The van der Waals surface area contributed by atoms with E-state index in [0.29, 0.717) is 24.0 Å². The molecule has 4 rings (SSSR count). The van der Waals surface area contributed by atoms with Gasteiger partial charge in [-0.2, -0.15) is 4.39 Å². The zero-order chi connectivity index (χ0) is 24.2. The van der Waals surface area contributed by atoms with Gasteiger partial charge in [-0.3, -0.25) is 0 Å². The molecule has 0 heterocycles. The van der Waals surface area contributed by atoms with Crippen molar-refractivity contribution in [3.63, 3.8) is 0 Å². The van der Waals surface area contributed by atoms with Gasteiger partial charge in [-0.25, -0.2) is 13.2 Å². The number of phenolic OH excluding ortho intramolecular Hbond substituents is 1. The summed E-state index contributed by atoms with van der Waals surface area (Å²) in [6.07, 6.45) is 6.20. The van der Waals surface area contributed by atoms with E-state index in [9.17, 15) is 18.3 Å². The van der Waals surface area contributed by atoms with Crippen LogP contribution in [0.15, 0.2) is 54.6 Å². The molecule has 0 aromatic heterocycles. The van der Waals surface area contributed by atoms with Crippen LogP contribution in [-0.2, 0) is 4.74 Å². The molecule has 3 aromatic carbocycles. The average Bonchev–Trinajstić information content (AvgIpc) is 2.85. The minimum Gasteiger partial charge on any atom is -0.505 e. The number of benzene rings is 3. The van der Waals surface area contributed by atoms with E-state index in [2.05, 4.69) is 6.92 Å². The van der Waals surface area contributed by atoms with Gasteiger partial charge in [0.2, 0.25) is 5.82 Å². The topological polar surface area (TPSA) is 29.5 Å². The zero-order valence-electron chi connectivity index (χ0n) is 18.9. The Balaban J connectivity index is 1.54. The van der Waals surface area contributed by atoms with Crippen molar-refractivity contribution in [2.24, 2.45) is 0 Å². The lowest BCUT2D eigenvalue weighted by Crippen LogP contribution is -2.16. The SMILES string of the molecule is CCCCOC1CC=C(c2ccc(-c3ccc(-c4ccc(O)c(F)c4F)cc3)c(F)c2F)CC1. The van der Waals surface area contributed by atoms with Crippen LogP contribution in [0.4, 0.5) is 17.6 Å². The highest BCUT2D eigenvalue weighted by atomic mass is 19.2. The Morgan fingerprint density at radius 3 is 1.94 bits per heavy atom. The maximum Gasteiger partial charge on any atom is 0.200 e. The molecule has 3 aromatic rings. The summed E-state index contributed by atoms with van der Waals surface area (Å²) in [5, 5.41) is 9.29. The maximum absolute atomic E-state index is 15.0. The Morgan fingerprint density at radius 1 is 0.794 bits per heavy atom. The molecular formula is C28H26F4O2. The maximum atomic E-state index is 15.0. The molecule has 0 saturated carbocycles. The molecule has 0 fully saturated rings. The predicted octanol–water partition coefficient (Wildman–Crippen LogP) is 8.04. The van der Waals surface area contributed by atoms with Crippen LogP contribution in [0.5, 0.6) is 5.75 Å². The number of allylic oxidation sites excluding steroid dienone is 1. The fourth-order valence-corrected chi connectivity index (χ4v) is 4.21. The third-order valence-electron chi connectivity index (χ3n) is 6.21. The number of phenols is 1. The Bertz CT molecular complexity index is 1200. The molecule has 0 amide bonds. The fraction of sp³-hybridized carbons (Fsp3) is 0.286. The first kappa shape index (κ1) is 24.0. The third-order valence-corrected chi connectivity index (χ3v) is 6.21. The molecule has 1 aliphatic carbocycles. The van der Waals surface area contributed by atoms with Gasteiger partial charge in [-0.1, -0.05) is 55.8 Å². The van der Waals surface area contributed by atoms with E-state index in [4.69, 9.17) is 4.74 Å². The molecule has 0 bridgehead atoms. The highest BCUT2D eigenvalue weighted by Gasteiger charge is 2.21. The number of hydrogen-bond donors (Lipinski definition) is 1. The van der Waals surface area contributed by atoms with Crippen molar-refractivity contribution in [1.82, 2.24) is 0 Å². The number of aromatic hydroxyl groups is 1. The van der Waals surface area contributed by atoms with Crippen molar-refractivity contribution in [3.05, 3.63) is 83.4 Å². The smallest absolute Gasteiger partial charge is 0.200 e. The van der Waals surface area contributed by atoms with Gasteiger partial charge < -0.3 is 9.84 Å². The summed E-state index contributed by atoms with van der Waals surface area (Å²) in [7, 11) is 0. The lowest BCUT2D eigenvalue weighted by molar-refractivity contribution is 0.0466. The quantitative estimate of drug-likeness (QED) is 0.280. The van der Waals surface area contributed by atoms with E-state index in [-0.39, 0.29) is 22.8 Å². The monoisotopic (exact) mass is 470 g/mol. The Labute approximate surface area is 196 Å². The summed E-state index contributed by atoms with van der Waals surface area (Å²) in [4.78, 5) is 0. The lowest BCUT2D eigenvalue weighted by atomic mass is 9.90. The predicted molar refractivity (Wildman–Crippen MR) is 125 cm³/mol. The molecule has 1 aliphatic rings. The van der Waals surface area contributed by atoms with Crippen LogP contribution in [-0.4, -0.2) is 17.8 Å². The molecule has 0 spiro atoms. The minimum absolute atomic E-state index is 0.0370. The first-order chi connectivity index (χ1) is 16.4. The van der Waals surface area contributed by atoms with Gasteiger partial charge in [0.05, 0.1) is 6.10 Å². The minimum atomic E-state index is -1.33. The second-order valence-electron chi connectivity index (χ2n) is 8.48. The summed E-state index contributed by atoms with van der Waals surface area (Å²) in [5.41, 5.74) is 1.84. The lowest BCUT2D eigenvalue weighted by Gasteiger charge is -2.23. The number of hydrogen-bond acceptors (Lipinski definition) is 2. The van der Waals surface area contributed by atoms with Crippen LogP contribution in [0.1, 0.15) is 44.6 Å². The number of rotatable bonds is 7. The van der Waals surface area contributed by atoms with Crippen molar-refractivity contribution >= 4 is 5.57 Å². The van der Waals surface area contributed by atoms with Gasteiger partial charge >= 0.3 is 0 Å². The van der Waals surface area contributed by atoms with Crippen LogP contribution in [0.2, 0.25) is 0 Å². The van der Waals surface area contributed by atoms with Gasteiger partial charge in [0.25, 0.3) is 0 Å². The number of unbranched alkanes of at least 4 members (excludes halogenated alkanes) is 1. The van der Waals surface area contributed by atoms with Crippen molar-refractivity contribution < 1.29 is 27.4 Å². The second-order valence-corrected chi connectivity index (χ2v) is 8.48. The van der Waals surface area contributed by atoms with Gasteiger partial charge in [0, 0.05) is 23.3 Å². The first-order valence-electron chi connectivity index (χ1n) is 11.5. The molecular weight excluding hydrogens is 444 g/mol. The van der Waals surface area contributed by atoms with E-state index in [1.807, 2.05) is 6.08 Å². The van der Waals surface area contributed by atoms with Crippen LogP contribution >= 0.6 is 0 Å². The molecule has 1 N–H and O–H groups in total. The molecule has 1 atom stereocenters. The molecule has 178 valence electrons. The standard InChI is InChI=1S/C28H26F4O2/c1-2-3-16-34-20-10-8-19(9-11-20)22-13-12-21(25(29)26(22)30)17-4-6-18(7-5-17)23-14-15-24(33)28(32)27(23)31/h4-8,12-15,20,33H,2-3,9-11,16H2,1H3. The average molecular weight is 471 g/mol. The van der Waals surface area contributed by atoms with E-state index >= 15 is 4.39 Å². The molecule has 1 unspecified atom stereocenters. The highest BCUT2D eigenvalue weighted by Crippen LogP contribution is 2.35. The molecule has 6 heteroatoms. The number of halogens is 4. The summed E-state index contributed by atoms with van der Waals surface area (Å²) in [6, 6.07) is 11.5. The third kappa shape index (κ3) is 4.87. The first-order valence-corrected chi connectivity index (χ1v) is 11.5.